The maximum absolute atomic E-state index is 5.47. The van der Waals surface area contributed by atoms with Crippen LogP contribution in [0.15, 0.2) is 188 Å². The maximum Gasteiger partial charge on any atom is 0.238 e. The van der Waals surface area contributed by atoms with E-state index >= 15 is 0 Å². The summed E-state index contributed by atoms with van der Waals surface area (Å²) in [5, 5.41) is 7.08. The minimum absolute atomic E-state index is 0.571. The van der Waals surface area contributed by atoms with E-state index in [0.29, 0.717) is 17.6 Å². The van der Waals surface area contributed by atoms with Crippen LogP contribution in [0, 0.1) is 0 Å². The molecule has 0 atom stereocenters. The third kappa shape index (κ3) is 4.84. The first kappa shape index (κ1) is 31.9. The van der Waals surface area contributed by atoms with Gasteiger partial charge in [-0.25, -0.2) is 4.98 Å². The number of hydrogen-bond acceptors (Lipinski definition) is 4. The van der Waals surface area contributed by atoms with Crippen LogP contribution in [0.2, 0.25) is 0 Å². The van der Waals surface area contributed by atoms with Gasteiger partial charge in [-0.15, -0.1) is 11.3 Å². The van der Waals surface area contributed by atoms with E-state index in [2.05, 4.69) is 179 Å². The van der Waals surface area contributed by atoms with Crippen molar-refractivity contribution in [2.24, 2.45) is 0 Å². The van der Waals surface area contributed by atoms with Gasteiger partial charge in [-0.05, 0) is 53.6 Å². The first-order valence-corrected chi connectivity index (χ1v) is 19.9. The van der Waals surface area contributed by atoms with Gasteiger partial charge in [0.15, 0.2) is 11.6 Å². The number of aromatic nitrogens is 5. The Hall–Kier alpha value is -7.41. The average Bonchev–Trinajstić information content (AvgIpc) is 3.95. The molecule has 4 aromatic heterocycles. The molecule has 6 heteroatoms. The minimum atomic E-state index is 0.571. The topological polar surface area (TPSA) is 48.5 Å². The lowest BCUT2D eigenvalue weighted by molar-refractivity contribution is 0.954. The molecule has 0 saturated heterocycles. The highest BCUT2D eigenvalue weighted by Crippen LogP contribution is 2.46. The molecule has 266 valence electrons. The molecule has 57 heavy (non-hydrogen) atoms. The van der Waals surface area contributed by atoms with Crippen molar-refractivity contribution in [3.63, 3.8) is 0 Å². The normalized spacial score (nSPS) is 11.9. The van der Waals surface area contributed by atoms with Gasteiger partial charge in [0.1, 0.15) is 0 Å². The Kier molecular flexibility index (Phi) is 7.03. The van der Waals surface area contributed by atoms with Gasteiger partial charge in [-0.1, -0.05) is 146 Å². The molecule has 0 fully saturated rings. The highest BCUT2D eigenvalue weighted by atomic mass is 32.1. The first-order chi connectivity index (χ1) is 28.3. The molecule has 0 saturated carbocycles. The zero-order valence-corrected chi connectivity index (χ0v) is 31.4. The van der Waals surface area contributed by atoms with Crippen LogP contribution in [-0.4, -0.2) is 24.1 Å². The van der Waals surface area contributed by atoms with Gasteiger partial charge in [-0.3, -0.25) is 4.57 Å². The molecule has 0 aliphatic carbocycles. The molecule has 4 heterocycles. The summed E-state index contributed by atoms with van der Waals surface area (Å²) < 4.78 is 7.11. The monoisotopic (exact) mass is 745 g/mol. The van der Waals surface area contributed by atoms with E-state index in [0.717, 1.165) is 54.4 Å². The van der Waals surface area contributed by atoms with Gasteiger partial charge in [0.25, 0.3) is 0 Å². The van der Waals surface area contributed by atoms with Crippen LogP contribution in [0.1, 0.15) is 0 Å². The van der Waals surface area contributed by atoms with Crippen molar-refractivity contribution in [3.8, 4) is 45.5 Å². The van der Waals surface area contributed by atoms with Crippen molar-refractivity contribution in [1.29, 1.82) is 0 Å². The standard InChI is InChI=1S/C51H31N5S/c1-4-17-32(18-5-1)40-31-41-35-23-10-13-28-42(35)56(46(41)47-45(40)38-25-11-14-29-43(38)55(47)34-21-8-3-9-22-34)51-53-49(33-19-6-2-7-20-33)52-50(54-51)39-27-16-26-37-36-24-12-15-30-44(36)57-48(37)39/h1-31H. The number of fused-ring (bicyclic) bond motifs is 10. The number of benzene rings is 8. The lowest BCUT2D eigenvalue weighted by Gasteiger charge is -2.14. The second-order valence-corrected chi connectivity index (χ2v) is 15.4. The maximum atomic E-state index is 5.47. The second-order valence-electron chi connectivity index (χ2n) is 14.4. The molecule has 0 unspecified atom stereocenters. The first-order valence-electron chi connectivity index (χ1n) is 19.1. The fourth-order valence-electron chi connectivity index (χ4n) is 8.72. The number of rotatable bonds is 5. The van der Waals surface area contributed by atoms with E-state index in [1.54, 1.807) is 11.3 Å². The minimum Gasteiger partial charge on any atom is -0.307 e. The van der Waals surface area contributed by atoms with Gasteiger partial charge in [-0.2, -0.15) is 9.97 Å². The van der Waals surface area contributed by atoms with Crippen molar-refractivity contribution in [2.45, 2.75) is 0 Å². The van der Waals surface area contributed by atoms with E-state index in [1.807, 2.05) is 18.2 Å². The molecular weight excluding hydrogens is 715 g/mol. The Bertz CT molecular complexity index is 3510. The van der Waals surface area contributed by atoms with E-state index in [1.165, 1.54) is 37.4 Å². The summed E-state index contributed by atoms with van der Waals surface area (Å²) in [5.74, 6) is 1.84. The van der Waals surface area contributed by atoms with Crippen LogP contribution in [0.3, 0.4) is 0 Å². The summed E-state index contributed by atoms with van der Waals surface area (Å²) in [7, 11) is 0. The smallest absolute Gasteiger partial charge is 0.238 e. The Labute approximate surface area is 331 Å². The predicted octanol–water partition coefficient (Wildman–Crippen LogP) is 13.4. The van der Waals surface area contributed by atoms with Crippen LogP contribution < -0.4 is 0 Å². The van der Waals surface area contributed by atoms with Crippen molar-refractivity contribution in [2.75, 3.05) is 0 Å². The third-order valence-electron chi connectivity index (χ3n) is 11.2. The number of nitrogens with zero attached hydrogens (tertiary/aromatic N) is 5. The van der Waals surface area contributed by atoms with Crippen LogP contribution in [-0.2, 0) is 0 Å². The predicted molar refractivity (Wildman–Crippen MR) is 238 cm³/mol. The molecule has 0 aliphatic rings. The molecule has 0 aliphatic heterocycles. The van der Waals surface area contributed by atoms with E-state index < -0.39 is 0 Å². The summed E-state index contributed by atoms with van der Waals surface area (Å²) in [6.07, 6.45) is 0. The second kappa shape index (κ2) is 12.6. The van der Waals surface area contributed by atoms with Crippen LogP contribution in [0.4, 0.5) is 0 Å². The van der Waals surface area contributed by atoms with Crippen molar-refractivity contribution in [3.05, 3.63) is 188 Å². The molecule has 8 aromatic carbocycles. The summed E-state index contributed by atoms with van der Waals surface area (Å²) >= 11 is 1.79. The van der Waals surface area contributed by atoms with Crippen molar-refractivity contribution >= 4 is 75.1 Å². The fraction of sp³-hybridized carbons (Fsp3) is 0. The summed E-state index contributed by atoms with van der Waals surface area (Å²) in [6.45, 7) is 0. The Morgan fingerprint density at radius 3 is 1.75 bits per heavy atom. The number of thiophene rings is 1. The SMILES string of the molecule is c1ccc(-c2nc(-c3cccc4c3sc3ccccc34)nc(-n3c4ccccc4c4cc(-c5ccccc5)c5c6ccccc6n(-c6ccccc6)c5c43)n2)cc1. The molecule has 0 amide bonds. The molecule has 12 aromatic rings. The van der Waals surface area contributed by atoms with Crippen molar-refractivity contribution in [1.82, 2.24) is 24.1 Å². The largest absolute Gasteiger partial charge is 0.307 e. The number of hydrogen-bond donors (Lipinski definition) is 0. The van der Waals surface area contributed by atoms with Crippen LogP contribution in [0.5, 0.6) is 0 Å². The highest BCUT2D eigenvalue weighted by Gasteiger charge is 2.26. The van der Waals surface area contributed by atoms with E-state index in [9.17, 15) is 0 Å². The van der Waals surface area contributed by atoms with Crippen LogP contribution in [0.25, 0.3) is 109 Å². The average molecular weight is 746 g/mol. The quantitative estimate of drug-likeness (QED) is 0.176. The molecule has 0 bridgehead atoms. The fourth-order valence-corrected chi connectivity index (χ4v) is 9.93. The van der Waals surface area contributed by atoms with Crippen LogP contribution >= 0.6 is 11.3 Å². The Morgan fingerprint density at radius 2 is 0.982 bits per heavy atom. The van der Waals surface area contributed by atoms with Gasteiger partial charge < -0.3 is 4.57 Å². The summed E-state index contributed by atoms with van der Waals surface area (Å²) in [4.78, 5) is 16.1. The summed E-state index contributed by atoms with van der Waals surface area (Å²) in [5.41, 5.74) is 9.67. The molecule has 12 rings (SSSR count). The number of para-hydroxylation sites is 3. The molecule has 0 radical (unpaired) electrons. The lowest BCUT2D eigenvalue weighted by atomic mass is 9.96. The Morgan fingerprint density at radius 1 is 0.386 bits per heavy atom. The Balaban J connectivity index is 1.27. The highest BCUT2D eigenvalue weighted by molar-refractivity contribution is 7.26. The van der Waals surface area contributed by atoms with Gasteiger partial charge in [0.2, 0.25) is 5.95 Å². The van der Waals surface area contributed by atoms with E-state index in [4.69, 9.17) is 15.0 Å². The molecule has 0 N–H and O–H groups in total. The lowest BCUT2D eigenvalue weighted by Crippen LogP contribution is -2.07. The third-order valence-corrected chi connectivity index (χ3v) is 12.4. The molecule has 5 nitrogen and oxygen atoms in total. The van der Waals surface area contributed by atoms with Crippen molar-refractivity contribution < 1.29 is 0 Å². The summed E-state index contributed by atoms with van der Waals surface area (Å²) in [6, 6.07) is 66.6. The molecule has 0 spiro atoms. The molecular formula is C51H31N5S. The van der Waals surface area contributed by atoms with Gasteiger partial charge in [0, 0.05) is 58.5 Å². The van der Waals surface area contributed by atoms with E-state index in [-0.39, 0.29) is 0 Å². The zero-order chi connectivity index (χ0) is 37.5. The zero-order valence-electron chi connectivity index (χ0n) is 30.5. The van der Waals surface area contributed by atoms with Gasteiger partial charge >= 0.3 is 0 Å². The van der Waals surface area contributed by atoms with Gasteiger partial charge in [0.05, 0.1) is 22.1 Å².